The Morgan fingerprint density at radius 3 is 2.45 bits per heavy atom. The Bertz CT molecular complexity index is 754. The number of hydrogen-bond donors (Lipinski definition) is 1. The average Bonchev–Trinajstić information content (AvgIpc) is 2.48. The van der Waals surface area contributed by atoms with Gasteiger partial charge in [-0.1, -0.05) is 42.0 Å². The highest BCUT2D eigenvalue weighted by atomic mass is 32.2. The molecule has 4 nitrogen and oxygen atoms in total. The van der Waals surface area contributed by atoms with Gasteiger partial charge in [0, 0.05) is 12.1 Å². The summed E-state index contributed by atoms with van der Waals surface area (Å²) in [6.45, 7) is 4.10. The quantitative estimate of drug-likeness (QED) is 0.890. The summed E-state index contributed by atoms with van der Waals surface area (Å²) in [6, 6.07) is 13.2. The fourth-order valence-electron chi connectivity index (χ4n) is 2.26. The summed E-state index contributed by atoms with van der Waals surface area (Å²) < 4.78 is 32.4. The second kappa shape index (κ2) is 6.94. The van der Waals surface area contributed by atoms with Gasteiger partial charge in [0.1, 0.15) is 5.75 Å². The van der Waals surface area contributed by atoms with E-state index < -0.39 is 10.0 Å². The fraction of sp³-hybridized carbons (Fsp3) is 0.294. The lowest BCUT2D eigenvalue weighted by Crippen LogP contribution is -2.25. The normalized spacial score (nSPS) is 11.4. The van der Waals surface area contributed by atoms with Crippen LogP contribution in [0.1, 0.15) is 22.3 Å². The van der Waals surface area contributed by atoms with Crippen molar-refractivity contribution in [2.75, 3.05) is 7.11 Å². The third kappa shape index (κ3) is 4.32. The molecular weight excluding hydrogens is 298 g/mol. The lowest BCUT2D eigenvalue weighted by atomic mass is 10.1. The summed E-state index contributed by atoms with van der Waals surface area (Å²) in [4.78, 5) is 0. The molecule has 0 amide bonds. The van der Waals surface area contributed by atoms with Crippen LogP contribution in [0.2, 0.25) is 0 Å². The Labute approximate surface area is 132 Å². The lowest BCUT2D eigenvalue weighted by molar-refractivity contribution is 0.409. The van der Waals surface area contributed by atoms with Crippen LogP contribution in [0.4, 0.5) is 0 Å². The van der Waals surface area contributed by atoms with E-state index in [4.69, 9.17) is 4.74 Å². The topological polar surface area (TPSA) is 55.4 Å². The molecular formula is C17H21NO3S. The summed E-state index contributed by atoms with van der Waals surface area (Å²) in [5.74, 6) is 0.664. The van der Waals surface area contributed by atoms with E-state index in [1.807, 2.05) is 56.3 Å². The third-order valence-electron chi connectivity index (χ3n) is 3.53. The summed E-state index contributed by atoms with van der Waals surface area (Å²) in [6.07, 6.45) is 0. The van der Waals surface area contributed by atoms with Gasteiger partial charge in [0.2, 0.25) is 10.0 Å². The van der Waals surface area contributed by atoms with E-state index >= 15 is 0 Å². The number of benzene rings is 2. The van der Waals surface area contributed by atoms with Gasteiger partial charge in [0.25, 0.3) is 0 Å². The van der Waals surface area contributed by atoms with Crippen LogP contribution < -0.4 is 9.46 Å². The molecule has 0 saturated heterocycles. The largest absolute Gasteiger partial charge is 0.496 e. The average molecular weight is 319 g/mol. The van der Waals surface area contributed by atoms with Gasteiger partial charge in [0.15, 0.2) is 0 Å². The van der Waals surface area contributed by atoms with E-state index in [0.717, 1.165) is 22.3 Å². The van der Waals surface area contributed by atoms with E-state index in [1.54, 1.807) is 7.11 Å². The van der Waals surface area contributed by atoms with E-state index in [-0.39, 0.29) is 12.3 Å². The van der Waals surface area contributed by atoms with Crippen LogP contribution in [-0.2, 0) is 22.3 Å². The molecule has 0 aromatic heterocycles. The number of ether oxygens (including phenoxy) is 1. The molecule has 0 spiro atoms. The molecule has 0 unspecified atom stereocenters. The molecule has 118 valence electrons. The molecule has 2 rings (SSSR count). The Hall–Kier alpha value is -1.85. The minimum atomic E-state index is -3.40. The first-order valence-corrected chi connectivity index (χ1v) is 8.72. The number of methoxy groups -OCH3 is 1. The SMILES string of the molecule is COc1ccc(C)cc1CNS(=O)(=O)Cc1ccccc1C. The van der Waals surface area contributed by atoms with Crippen LogP contribution in [-0.4, -0.2) is 15.5 Å². The number of aryl methyl sites for hydroxylation is 2. The van der Waals surface area contributed by atoms with E-state index in [9.17, 15) is 8.42 Å². The first kappa shape index (κ1) is 16.5. The molecule has 0 atom stereocenters. The highest BCUT2D eigenvalue weighted by Crippen LogP contribution is 2.20. The van der Waals surface area contributed by atoms with Crippen LogP contribution in [0.3, 0.4) is 0 Å². The van der Waals surface area contributed by atoms with Crippen molar-refractivity contribution in [3.05, 3.63) is 64.7 Å². The van der Waals surface area contributed by atoms with Gasteiger partial charge in [-0.25, -0.2) is 13.1 Å². The molecule has 0 bridgehead atoms. The summed E-state index contributed by atoms with van der Waals surface area (Å²) in [5.41, 5.74) is 3.68. The first-order valence-electron chi connectivity index (χ1n) is 7.06. The van der Waals surface area contributed by atoms with Crippen molar-refractivity contribution in [3.63, 3.8) is 0 Å². The second-order valence-electron chi connectivity index (χ2n) is 5.32. The molecule has 5 heteroatoms. The van der Waals surface area contributed by atoms with Crippen molar-refractivity contribution in [2.24, 2.45) is 0 Å². The van der Waals surface area contributed by atoms with Gasteiger partial charge < -0.3 is 4.74 Å². The van der Waals surface area contributed by atoms with Gasteiger partial charge in [-0.05, 0) is 31.0 Å². The maximum absolute atomic E-state index is 12.3. The summed E-state index contributed by atoms with van der Waals surface area (Å²) in [7, 11) is -1.82. The van der Waals surface area contributed by atoms with Crippen molar-refractivity contribution in [2.45, 2.75) is 26.1 Å². The highest BCUT2D eigenvalue weighted by molar-refractivity contribution is 7.88. The van der Waals surface area contributed by atoms with E-state index in [0.29, 0.717) is 5.75 Å². The van der Waals surface area contributed by atoms with Crippen molar-refractivity contribution >= 4 is 10.0 Å². The van der Waals surface area contributed by atoms with Gasteiger partial charge in [-0.3, -0.25) is 0 Å². The molecule has 0 aliphatic rings. The Balaban J connectivity index is 2.10. The molecule has 2 aromatic rings. The van der Waals surface area contributed by atoms with Crippen molar-refractivity contribution < 1.29 is 13.2 Å². The van der Waals surface area contributed by atoms with Crippen LogP contribution >= 0.6 is 0 Å². The second-order valence-corrected chi connectivity index (χ2v) is 7.13. The van der Waals surface area contributed by atoms with Gasteiger partial charge in [-0.15, -0.1) is 0 Å². The Morgan fingerprint density at radius 1 is 1.05 bits per heavy atom. The third-order valence-corrected chi connectivity index (χ3v) is 4.80. The minimum Gasteiger partial charge on any atom is -0.496 e. The standard InChI is InChI=1S/C17H21NO3S/c1-13-8-9-17(21-3)16(10-13)11-18-22(19,20)12-15-7-5-4-6-14(15)2/h4-10,18H,11-12H2,1-3H3. The van der Waals surface area contributed by atoms with Crippen molar-refractivity contribution in [1.29, 1.82) is 0 Å². The van der Waals surface area contributed by atoms with Crippen molar-refractivity contribution in [1.82, 2.24) is 4.72 Å². The van der Waals surface area contributed by atoms with Crippen molar-refractivity contribution in [3.8, 4) is 5.75 Å². The number of rotatable bonds is 6. The number of hydrogen-bond acceptors (Lipinski definition) is 3. The number of nitrogens with one attached hydrogen (secondary N) is 1. The molecule has 2 aromatic carbocycles. The molecule has 1 N–H and O–H groups in total. The lowest BCUT2D eigenvalue weighted by Gasteiger charge is -2.12. The predicted molar refractivity (Wildman–Crippen MR) is 88.4 cm³/mol. The molecule has 0 saturated carbocycles. The fourth-order valence-corrected chi connectivity index (χ4v) is 3.47. The number of sulfonamides is 1. The van der Waals surface area contributed by atoms with Crippen LogP contribution in [0.5, 0.6) is 5.75 Å². The maximum Gasteiger partial charge on any atom is 0.216 e. The molecule has 0 radical (unpaired) electrons. The zero-order valence-electron chi connectivity index (χ0n) is 13.1. The molecule has 0 heterocycles. The maximum atomic E-state index is 12.3. The van der Waals surface area contributed by atoms with Crippen LogP contribution in [0.15, 0.2) is 42.5 Å². The minimum absolute atomic E-state index is 0.0200. The van der Waals surface area contributed by atoms with Gasteiger partial charge in [-0.2, -0.15) is 0 Å². The Kier molecular flexibility index (Phi) is 5.21. The van der Waals surface area contributed by atoms with Gasteiger partial charge in [0.05, 0.1) is 12.9 Å². The van der Waals surface area contributed by atoms with Crippen LogP contribution in [0, 0.1) is 13.8 Å². The van der Waals surface area contributed by atoms with E-state index in [2.05, 4.69) is 4.72 Å². The summed E-state index contributed by atoms with van der Waals surface area (Å²) in [5, 5.41) is 0. The smallest absolute Gasteiger partial charge is 0.216 e. The predicted octanol–water partition coefficient (Wildman–Crippen LogP) is 2.93. The summed E-state index contributed by atoms with van der Waals surface area (Å²) >= 11 is 0. The van der Waals surface area contributed by atoms with Gasteiger partial charge >= 0.3 is 0 Å². The van der Waals surface area contributed by atoms with Crippen LogP contribution in [0.25, 0.3) is 0 Å². The zero-order valence-corrected chi connectivity index (χ0v) is 13.9. The molecule has 0 aliphatic carbocycles. The monoisotopic (exact) mass is 319 g/mol. The Morgan fingerprint density at radius 2 is 1.77 bits per heavy atom. The first-order chi connectivity index (χ1) is 10.4. The molecule has 0 aliphatic heterocycles. The molecule has 0 fully saturated rings. The zero-order chi connectivity index (χ0) is 16.2. The molecule has 22 heavy (non-hydrogen) atoms. The highest BCUT2D eigenvalue weighted by Gasteiger charge is 2.14. The van der Waals surface area contributed by atoms with E-state index in [1.165, 1.54) is 0 Å².